The van der Waals surface area contributed by atoms with Gasteiger partial charge >= 0.3 is 12.0 Å². The Balaban J connectivity index is 2.01. The lowest BCUT2D eigenvalue weighted by molar-refractivity contribution is 0.0525. The van der Waals surface area contributed by atoms with Crippen LogP contribution in [0.5, 0.6) is 0 Å². The van der Waals surface area contributed by atoms with Gasteiger partial charge in [-0.15, -0.1) is 0 Å². The fraction of sp³-hybridized carbons (Fsp3) is 0.562. The SMILES string of the molecule is CCOC(=O)c1cc(NC(=O)NCC2CCCO2)c(C)nc1C. The molecule has 0 aromatic carbocycles. The molecule has 2 amide bonds. The number of hydrogen-bond donors (Lipinski definition) is 2. The van der Waals surface area contributed by atoms with Crippen molar-refractivity contribution < 1.29 is 19.1 Å². The highest BCUT2D eigenvalue weighted by atomic mass is 16.5. The molecule has 1 aliphatic rings. The van der Waals surface area contributed by atoms with Crippen LogP contribution in [0.4, 0.5) is 10.5 Å². The number of aromatic nitrogens is 1. The number of pyridine rings is 1. The number of amides is 2. The predicted octanol–water partition coefficient (Wildman–Crippen LogP) is 2.18. The van der Waals surface area contributed by atoms with Crippen LogP contribution in [0.15, 0.2) is 6.07 Å². The summed E-state index contributed by atoms with van der Waals surface area (Å²) in [6, 6.07) is 1.26. The van der Waals surface area contributed by atoms with Gasteiger partial charge in [0.25, 0.3) is 0 Å². The number of aryl methyl sites for hydroxylation is 2. The first-order valence-electron chi connectivity index (χ1n) is 7.83. The van der Waals surface area contributed by atoms with Gasteiger partial charge < -0.3 is 20.1 Å². The largest absolute Gasteiger partial charge is 0.462 e. The van der Waals surface area contributed by atoms with Gasteiger partial charge in [0.05, 0.1) is 35.3 Å². The van der Waals surface area contributed by atoms with Gasteiger partial charge in [-0.05, 0) is 39.7 Å². The number of ether oxygens (including phenoxy) is 2. The Labute approximate surface area is 135 Å². The molecule has 7 nitrogen and oxygen atoms in total. The number of anilines is 1. The van der Waals surface area contributed by atoms with Crippen molar-refractivity contribution in [1.82, 2.24) is 10.3 Å². The molecule has 1 fully saturated rings. The number of carbonyl (C=O) groups excluding carboxylic acids is 2. The fourth-order valence-electron chi connectivity index (χ4n) is 2.45. The van der Waals surface area contributed by atoms with Crippen molar-refractivity contribution in [2.75, 3.05) is 25.1 Å². The van der Waals surface area contributed by atoms with Crippen molar-refractivity contribution in [3.8, 4) is 0 Å². The van der Waals surface area contributed by atoms with E-state index in [9.17, 15) is 9.59 Å². The molecule has 1 aromatic rings. The van der Waals surface area contributed by atoms with Crippen LogP contribution in [0.2, 0.25) is 0 Å². The maximum atomic E-state index is 12.0. The van der Waals surface area contributed by atoms with Gasteiger partial charge in [-0.3, -0.25) is 4.98 Å². The van der Waals surface area contributed by atoms with Crippen LogP contribution in [-0.4, -0.2) is 42.8 Å². The number of rotatable bonds is 5. The van der Waals surface area contributed by atoms with Crippen LogP contribution in [0.25, 0.3) is 0 Å². The van der Waals surface area contributed by atoms with E-state index in [1.807, 2.05) is 0 Å². The zero-order valence-electron chi connectivity index (χ0n) is 13.8. The van der Waals surface area contributed by atoms with Gasteiger partial charge in [0, 0.05) is 13.2 Å². The Kier molecular flexibility index (Phi) is 5.92. The summed E-state index contributed by atoms with van der Waals surface area (Å²) < 4.78 is 10.5. The molecule has 2 rings (SSSR count). The summed E-state index contributed by atoms with van der Waals surface area (Å²) in [6.07, 6.45) is 2.06. The van der Waals surface area contributed by atoms with Crippen LogP contribution < -0.4 is 10.6 Å². The molecule has 0 aliphatic carbocycles. The Morgan fingerprint density at radius 2 is 2.17 bits per heavy atom. The molecule has 1 unspecified atom stereocenters. The minimum Gasteiger partial charge on any atom is -0.462 e. The summed E-state index contributed by atoms with van der Waals surface area (Å²) in [6.45, 7) is 6.76. The first-order valence-corrected chi connectivity index (χ1v) is 7.83. The molecule has 1 saturated heterocycles. The van der Waals surface area contributed by atoms with Crippen LogP contribution >= 0.6 is 0 Å². The molecule has 2 heterocycles. The third kappa shape index (κ3) is 4.66. The van der Waals surface area contributed by atoms with Gasteiger partial charge in [0.15, 0.2) is 0 Å². The zero-order valence-corrected chi connectivity index (χ0v) is 13.8. The lowest BCUT2D eigenvalue weighted by atomic mass is 10.1. The summed E-state index contributed by atoms with van der Waals surface area (Å²) in [4.78, 5) is 28.2. The maximum absolute atomic E-state index is 12.0. The quantitative estimate of drug-likeness (QED) is 0.811. The minimum absolute atomic E-state index is 0.0769. The smallest absolute Gasteiger partial charge is 0.340 e. The van der Waals surface area contributed by atoms with Gasteiger partial charge in [0.2, 0.25) is 0 Å². The van der Waals surface area contributed by atoms with Crippen LogP contribution in [0.3, 0.4) is 0 Å². The number of urea groups is 1. The zero-order chi connectivity index (χ0) is 16.8. The third-order valence-electron chi connectivity index (χ3n) is 3.66. The summed E-state index contributed by atoms with van der Waals surface area (Å²) in [5.74, 6) is -0.444. The average Bonchev–Trinajstić information content (AvgIpc) is 3.01. The van der Waals surface area contributed by atoms with Crippen molar-refractivity contribution >= 4 is 17.7 Å². The Morgan fingerprint density at radius 3 is 2.83 bits per heavy atom. The highest BCUT2D eigenvalue weighted by molar-refractivity contribution is 5.95. The Morgan fingerprint density at radius 1 is 1.39 bits per heavy atom. The van der Waals surface area contributed by atoms with E-state index in [1.54, 1.807) is 26.8 Å². The molecule has 23 heavy (non-hydrogen) atoms. The topological polar surface area (TPSA) is 89.5 Å². The van der Waals surface area contributed by atoms with Crippen LogP contribution in [0.1, 0.15) is 41.5 Å². The Hall–Kier alpha value is -2.15. The second kappa shape index (κ2) is 7.92. The summed E-state index contributed by atoms with van der Waals surface area (Å²) in [7, 11) is 0. The number of carbonyl (C=O) groups is 2. The molecule has 1 atom stereocenters. The molecular weight excluding hydrogens is 298 g/mol. The third-order valence-corrected chi connectivity index (χ3v) is 3.66. The monoisotopic (exact) mass is 321 g/mol. The van der Waals surface area contributed by atoms with E-state index in [-0.39, 0.29) is 18.7 Å². The molecule has 0 radical (unpaired) electrons. The first-order chi connectivity index (χ1) is 11.0. The molecule has 126 valence electrons. The van der Waals surface area contributed by atoms with Crippen LogP contribution in [0, 0.1) is 13.8 Å². The lowest BCUT2D eigenvalue weighted by Crippen LogP contribution is -2.35. The molecule has 1 aromatic heterocycles. The van der Waals surface area contributed by atoms with Gasteiger partial charge in [-0.1, -0.05) is 0 Å². The average molecular weight is 321 g/mol. The standard InChI is InChI=1S/C16H23N3O4/c1-4-22-15(20)13-8-14(11(3)18-10(13)2)19-16(21)17-9-12-6-5-7-23-12/h8,12H,4-7,9H2,1-3H3,(H2,17,19,21). The van der Waals surface area contributed by atoms with E-state index in [0.29, 0.717) is 29.2 Å². The van der Waals surface area contributed by atoms with Crippen molar-refractivity contribution in [2.24, 2.45) is 0 Å². The number of hydrogen-bond acceptors (Lipinski definition) is 5. The molecular formula is C16H23N3O4. The fourth-order valence-corrected chi connectivity index (χ4v) is 2.45. The van der Waals surface area contributed by atoms with E-state index >= 15 is 0 Å². The van der Waals surface area contributed by atoms with Crippen molar-refractivity contribution in [3.05, 3.63) is 23.0 Å². The predicted molar refractivity (Wildman–Crippen MR) is 85.7 cm³/mol. The van der Waals surface area contributed by atoms with E-state index in [1.165, 1.54) is 0 Å². The van der Waals surface area contributed by atoms with E-state index in [4.69, 9.17) is 9.47 Å². The first kappa shape index (κ1) is 17.2. The second-order valence-corrected chi connectivity index (χ2v) is 5.44. The normalized spacial score (nSPS) is 16.9. The molecule has 0 spiro atoms. The van der Waals surface area contributed by atoms with Crippen molar-refractivity contribution in [1.29, 1.82) is 0 Å². The van der Waals surface area contributed by atoms with Gasteiger partial charge in [-0.25, -0.2) is 9.59 Å². The van der Waals surface area contributed by atoms with Gasteiger partial charge in [0.1, 0.15) is 0 Å². The van der Waals surface area contributed by atoms with E-state index in [0.717, 1.165) is 19.4 Å². The highest BCUT2D eigenvalue weighted by Crippen LogP contribution is 2.18. The molecule has 1 aliphatic heterocycles. The number of nitrogens with zero attached hydrogens (tertiary/aromatic N) is 1. The Bertz CT molecular complexity index is 583. The lowest BCUT2D eigenvalue weighted by Gasteiger charge is -2.14. The molecule has 0 saturated carbocycles. The van der Waals surface area contributed by atoms with Crippen LogP contribution in [-0.2, 0) is 9.47 Å². The van der Waals surface area contributed by atoms with E-state index in [2.05, 4.69) is 15.6 Å². The summed E-state index contributed by atoms with van der Waals surface area (Å²) in [5, 5.41) is 5.49. The van der Waals surface area contributed by atoms with Crippen molar-refractivity contribution in [2.45, 2.75) is 39.7 Å². The summed E-state index contributed by atoms with van der Waals surface area (Å²) >= 11 is 0. The molecule has 0 bridgehead atoms. The molecule has 2 N–H and O–H groups in total. The second-order valence-electron chi connectivity index (χ2n) is 5.44. The summed E-state index contributed by atoms with van der Waals surface area (Å²) in [5.41, 5.74) is 2.06. The van der Waals surface area contributed by atoms with Crippen molar-refractivity contribution in [3.63, 3.8) is 0 Å². The maximum Gasteiger partial charge on any atom is 0.340 e. The van der Waals surface area contributed by atoms with E-state index < -0.39 is 5.97 Å². The minimum atomic E-state index is -0.444. The number of esters is 1. The number of nitrogens with one attached hydrogen (secondary N) is 2. The van der Waals surface area contributed by atoms with Gasteiger partial charge in [-0.2, -0.15) is 0 Å². The highest BCUT2D eigenvalue weighted by Gasteiger charge is 2.18. The molecule has 7 heteroatoms.